The molecule has 192 valence electrons. The number of methoxy groups -OCH3 is 1. The van der Waals surface area contributed by atoms with Crippen molar-refractivity contribution in [2.24, 2.45) is 0 Å². The van der Waals surface area contributed by atoms with E-state index in [0.29, 0.717) is 35.1 Å². The Balaban J connectivity index is 1.30. The summed E-state index contributed by atoms with van der Waals surface area (Å²) in [6.07, 6.45) is 1.29. The highest BCUT2D eigenvalue weighted by Gasteiger charge is 2.33. The Morgan fingerprint density at radius 2 is 1.73 bits per heavy atom. The molecule has 12 heteroatoms. The number of aromatic nitrogens is 4. The van der Waals surface area contributed by atoms with Gasteiger partial charge < -0.3 is 14.5 Å². The van der Waals surface area contributed by atoms with Gasteiger partial charge in [-0.25, -0.2) is 9.97 Å². The molecule has 0 spiro atoms. The summed E-state index contributed by atoms with van der Waals surface area (Å²) in [7, 11) is 1.48. The second kappa shape index (κ2) is 11.7. The molecule has 0 saturated heterocycles. The SMILES string of the molecule is COc1ncc(Cc2c[nH]c(SCCc3ccc(Oc4ccc(Cl)c(C(F)(F)F)c4)cc3)nc2=O)cn1. The van der Waals surface area contributed by atoms with Crippen LogP contribution >= 0.6 is 23.4 Å². The van der Waals surface area contributed by atoms with Gasteiger partial charge in [0, 0.05) is 36.3 Å². The molecule has 2 heterocycles. The Labute approximate surface area is 219 Å². The molecule has 0 radical (unpaired) electrons. The average Bonchev–Trinajstić information content (AvgIpc) is 2.87. The van der Waals surface area contributed by atoms with Crippen LogP contribution in [0.4, 0.5) is 13.2 Å². The van der Waals surface area contributed by atoms with Gasteiger partial charge >= 0.3 is 12.2 Å². The Bertz CT molecular complexity index is 1410. The third kappa shape index (κ3) is 7.23. The van der Waals surface area contributed by atoms with Crippen LogP contribution in [0.2, 0.25) is 5.02 Å². The Hall–Kier alpha value is -3.57. The molecule has 0 aliphatic rings. The zero-order chi connectivity index (χ0) is 26.4. The number of hydrogen-bond acceptors (Lipinski definition) is 7. The largest absolute Gasteiger partial charge is 0.467 e. The maximum absolute atomic E-state index is 13.0. The number of alkyl halides is 3. The number of rotatable bonds is 9. The van der Waals surface area contributed by atoms with Crippen molar-refractivity contribution >= 4 is 23.4 Å². The molecule has 0 amide bonds. The normalized spacial score (nSPS) is 11.4. The number of ether oxygens (including phenoxy) is 2. The zero-order valence-corrected chi connectivity index (χ0v) is 21.0. The topological polar surface area (TPSA) is 90.0 Å². The van der Waals surface area contributed by atoms with Crippen molar-refractivity contribution < 1.29 is 22.6 Å². The molecule has 1 N–H and O–H groups in total. The predicted molar refractivity (Wildman–Crippen MR) is 134 cm³/mol. The lowest BCUT2D eigenvalue weighted by molar-refractivity contribution is -0.137. The fraction of sp³-hybridized carbons (Fsp3) is 0.200. The number of aromatic amines is 1. The maximum Gasteiger partial charge on any atom is 0.417 e. The van der Waals surface area contributed by atoms with Crippen molar-refractivity contribution in [2.75, 3.05) is 12.9 Å². The van der Waals surface area contributed by atoms with Crippen molar-refractivity contribution in [1.29, 1.82) is 0 Å². The maximum atomic E-state index is 13.0. The van der Waals surface area contributed by atoms with Gasteiger partial charge in [0.15, 0.2) is 5.16 Å². The number of nitrogens with zero attached hydrogens (tertiary/aromatic N) is 3. The van der Waals surface area contributed by atoms with Crippen LogP contribution in [0.3, 0.4) is 0 Å². The summed E-state index contributed by atoms with van der Waals surface area (Å²) in [6, 6.07) is 10.7. The molecule has 0 fully saturated rings. The van der Waals surface area contributed by atoms with Gasteiger partial charge in [-0.3, -0.25) is 4.79 Å². The lowest BCUT2D eigenvalue weighted by Crippen LogP contribution is -2.15. The van der Waals surface area contributed by atoms with E-state index in [-0.39, 0.29) is 22.3 Å². The van der Waals surface area contributed by atoms with E-state index in [1.165, 1.54) is 24.9 Å². The van der Waals surface area contributed by atoms with Crippen LogP contribution < -0.4 is 15.0 Å². The minimum absolute atomic E-state index is 0.0398. The highest BCUT2D eigenvalue weighted by molar-refractivity contribution is 7.99. The highest BCUT2D eigenvalue weighted by Crippen LogP contribution is 2.37. The van der Waals surface area contributed by atoms with E-state index in [1.807, 2.05) is 12.1 Å². The van der Waals surface area contributed by atoms with Crippen LogP contribution in [-0.2, 0) is 19.0 Å². The quantitative estimate of drug-likeness (QED) is 0.204. The third-order valence-corrected chi connectivity index (χ3v) is 6.36. The van der Waals surface area contributed by atoms with Crippen molar-refractivity contribution in [3.63, 3.8) is 0 Å². The van der Waals surface area contributed by atoms with E-state index in [2.05, 4.69) is 19.9 Å². The smallest absolute Gasteiger partial charge is 0.417 e. The first-order chi connectivity index (χ1) is 17.7. The van der Waals surface area contributed by atoms with Crippen molar-refractivity contribution in [1.82, 2.24) is 19.9 Å². The van der Waals surface area contributed by atoms with E-state index in [4.69, 9.17) is 21.1 Å². The molecule has 7 nitrogen and oxygen atoms in total. The number of thioether (sulfide) groups is 1. The van der Waals surface area contributed by atoms with Gasteiger partial charge in [-0.2, -0.15) is 18.2 Å². The summed E-state index contributed by atoms with van der Waals surface area (Å²) in [5.41, 5.74) is 0.976. The van der Waals surface area contributed by atoms with Gasteiger partial charge in [0.2, 0.25) is 0 Å². The van der Waals surface area contributed by atoms with E-state index in [1.54, 1.807) is 30.7 Å². The molecule has 2 aromatic heterocycles. The zero-order valence-electron chi connectivity index (χ0n) is 19.4. The van der Waals surface area contributed by atoms with Crippen LogP contribution in [0.1, 0.15) is 22.3 Å². The molecule has 0 unspecified atom stereocenters. The van der Waals surface area contributed by atoms with E-state index < -0.39 is 11.7 Å². The number of hydrogen-bond donors (Lipinski definition) is 1. The molecular weight excluding hydrogens is 529 g/mol. The first-order valence-electron chi connectivity index (χ1n) is 10.9. The van der Waals surface area contributed by atoms with Crippen LogP contribution in [0, 0.1) is 0 Å². The fourth-order valence-corrected chi connectivity index (χ4v) is 4.32. The Morgan fingerprint density at radius 1 is 1.03 bits per heavy atom. The molecule has 2 aromatic carbocycles. The molecule has 0 atom stereocenters. The highest BCUT2D eigenvalue weighted by atomic mass is 35.5. The summed E-state index contributed by atoms with van der Waals surface area (Å²) in [5, 5.41) is 0.118. The summed E-state index contributed by atoms with van der Waals surface area (Å²) in [4.78, 5) is 27.6. The standard InChI is InChI=1S/C25H20ClF3N4O3S/c1-35-23-30-12-16(13-31-23)10-17-14-32-24(33-22(17)34)37-9-8-15-2-4-18(5-3-15)36-19-6-7-21(26)20(11-19)25(27,28)29/h2-7,11-14H,8-10H2,1H3,(H,32,33,34). The molecule has 4 rings (SSSR count). The summed E-state index contributed by atoms with van der Waals surface area (Å²) in [6.45, 7) is 0. The molecule has 4 aromatic rings. The van der Waals surface area contributed by atoms with Crippen LogP contribution in [0.25, 0.3) is 0 Å². The average molecular weight is 549 g/mol. The molecule has 0 bridgehead atoms. The predicted octanol–water partition coefficient (Wildman–Crippen LogP) is 5.96. The van der Waals surface area contributed by atoms with Gasteiger partial charge in [-0.15, -0.1) is 0 Å². The van der Waals surface area contributed by atoms with Crippen LogP contribution in [0.15, 0.2) is 71.0 Å². The lowest BCUT2D eigenvalue weighted by Gasteiger charge is -2.12. The molecule has 0 aliphatic carbocycles. The molecule has 0 aliphatic heterocycles. The number of benzene rings is 2. The second-order valence-corrected chi connectivity index (χ2v) is 9.27. The number of halogens is 4. The van der Waals surface area contributed by atoms with Gasteiger partial charge in [-0.05, 0) is 47.9 Å². The molecule has 37 heavy (non-hydrogen) atoms. The Kier molecular flexibility index (Phi) is 8.34. The number of nitrogens with one attached hydrogen (secondary N) is 1. The van der Waals surface area contributed by atoms with Gasteiger partial charge in [0.1, 0.15) is 11.5 Å². The molecular formula is C25H20ClF3N4O3S. The second-order valence-electron chi connectivity index (χ2n) is 7.77. The third-order valence-electron chi connectivity index (χ3n) is 5.14. The summed E-state index contributed by atoms with van der Waals surface area (Å²) >= 11 is 7.05. The van der Waals surface area contributed by atoms with E-state index in [9.17, 15) is 18.0 Å². The van der Waals surface area contributed by atoms with Crippen LogP contribution in [-0.4, -0.2) is 32.8 Å². The molecule has 0 saturated carbocycles. The first-order valence-corrected chi connectivity index (χ1v) is 12.3. The lowest BCUT2D eigenvalue weighted by atomic mass is 10.1. The Morgan fingerprint density at radius 3 is 2.38 bits per heavy atom. The monoisotopic (exact) mass is 548 g/mol. The summed E-state index contributed by atoms with van der Waals surface area (Å²) < 4.78 is 49.6. The van der Waals surface area contributed by atoms with E-state index in [0.717, 1.165) is 23.3 Å². The number of aryl methyl sites for hydroxylation is 1. The minimum Gasteiger partial charge on any atom is -0.467 e. The van der Waals surface area contributed by atoms with E-state index >= 15 is 0 Å². The number of H-pyrrole nitrogens is 1. The van der Waals surface area contributed by atoms with Crippen molar-refractivity contribution in [2.45, 2.75) is 24.2 Å². The summed E-state index contributed by atoms with van der Waals surface area (Å²) in [5.74, 6) is 1.09. The van der Waals surface area contributed by atoms with Gasteiger partial charge in [-0.1, -0.05) is 35.5 Å². The first kappa shape index (κ1) is 26.5. The van der Waals surface area contributed by atoms with Crippen molar-refractivity contribution in [3.8, 4) is 17.5 Å². The van der Waals surface area contributed by atoms with Gasteiger partial charge in [0.25, 0.3) is 5.56 Å². The van der Waals surface area contributed by atoms with Crippen molar-refractivity contribution in [3.05, 3.63) is 98.7 Å². The fourth-order valence-electron chi connectivity index (χ4n) is 3.28. The van der Waals surface area contributed by atoms with Crippen LogP contribution in [0.5, 0.6) is 17.5 Å². The van der Waals surface area contributed by atoms with Gasteiger partial charge in [0.05, 0.1) is 17.7 Å². The minimum atomic E-state index is -4.57.